The molecule has 0 unspecified atom stereocenters. The number of nitrogens with one attached hydrogen (secondary N) is 1. The van der Waals surface area contributed by atoms with E-state index in [1.54, 1.807) is 0 Å². The molecule has 0 aliphatic heterocycles. The number of H-pyrrole nitrogens is 1. The van der Waals surface area contributed by atoms with Crippen molar-refractivity contribution >= 4 is 23.0 Å². The van der Waals surface area contributed by atoms with E-state index >= 15 is 0 Å². The van der Waals surface area contributed by atoms with Gasteiger partial charge in [0.25, 0.3) is 0 Å². The minimum absolute atomic E-state index is 0.648. The van der Waals surface area contributed by atoms with Crippen molar-refractivity contribution in [3.8, 4) is 11.4 Å². The number of rotatable bonds is 3. The molecule has 0 fully saturated rings. The summed E-state index contributed by atoms with van der Waals surface area (Å²) in [6, 6.07) is 16.6. The average Bonchev–Trinajstić information content (AvgIpc) is 2.46. The van der Waals surface area contributed by atoms with Crippen LogP contribution in [0.3, 0.4) is 0 Å². The van der Waals surface area contributed by atoms with Crippen molar-refractivity contribution in [1.82, 2.24) is 9.97 Å². The zero-order chi connectivity index (χ0) is 13.9. The number of benzene rings is 2. The Morgan fingerprint density at radius 1 is 1.05 bits per heavy atom. The molecule has 100 valence electrons. The summed E-state index contributed by atoms with van der Waals surface area (Å²) >= 11 is 5.27. The van der Waals surface area contributed by atoms with E-state index in [0.29, 0.717) is 4.64 Å². The summed E-state index contributed by atoms with van der Waals surface area (Å²) in [5, 5.41) is 2.45. The maximum absolute atomic E-state index is 5.27. The fraction of sp³-hybridized carbons (Fsp3) is 0.176. The molecule has 0 spiro atoms. The van der Waals surface area contributed by atoms with Gasteiger partial charge in [-0.3, -0.25) is 0 Å². The standard InChI is InChI=1S/C17H16N2S/c1-2-5-15-11-16(20)19-17(18-15)14-9-8-12-6-3-4-7-13(12)10-14/h3-4,6-11H,2,5H2,1H3,(H,18,19,20). The Kier molecular flexibility index (Phi) is 3.61. The van der Waals surface area contributed by atoms with Gasteiger partial charge in [0.2, 0.25) is 0 Å². The number of nitrogens with zero attached hydrogens (tertiary/aromatic N) is 1. The van der Waals surface area contributed by atoms with E-state index in [0.717, 1.165) is 29.9 Å². The summed E-state index contributed by atoms with van der Waals surface area (Å²) in [5.41, 5.74) is 2.23. The van der Waals surface area contributed by atoms with Gasteiger partial charge in [0, 0.05) is 11.3 Å². The quantitative estimate of drug-likeness (QED) is 0.690. The first-order valence-corrected chi connectivity index (χ1v) is 7.26. The maximum atomic E-state index is 5.27. The van der Waals surface area contributed by atoms with Gasteiger partial charge < -0.3 is 4.98 Å². The molecule has 0 amide bonds. The lowest BCUT2D eigenvalue weighted by Gasteiger charge is -2.06. The van der Waals surface area contributed by atoms with Gasteiger partial charge in [-0.2, -0.15) is 0 Å². The van der Waals surface area contributed by atoms with E-state index in [-0.39, 0.29) is 0 Å². The molecule has 0 atom stereocenters. The molecule has 0 aliphatic rings. The highest BCUT2D eigenvalue weighted by atomic mass is 32.1. The van der Waals surface area contributed by atoms with Crippen LogP contribution in [0.2, 0.25) is 0 Å². The Morgan fingerprint density at radius 3 is 2.65 bits per heavy atom. The van der Waals surface area contributed by atoms with Gasteiger partial charge in [-0.05, 0) is 29.3 Å². The summed E-state index contributed by atoms with van der Waals surface area (Å²) < 4.78 is 0.648. The average molecular weight is 280 g/mol. The van der Waals surface area contributed by atoms with Crippen molar-refractivity contribution in [2.24, 2.45) is 0 Å². The van der Waals surface area contributed by atoms with Gasteiger partial charge in [0.15, 0.2) is 0 Å². The Labute approximate surface area is 123 Å². The van der Waals surface area contributed by atoms with Gasteiger partial charge in [-0.15, -0.1) is 0 Å². The molecule has 3 rings (SSSR count). The second-order valence-electron chi connectivity index (χ2n) is 4.91. The molecule has 2 nitrogen and oxygen atoms in total. The Morgan fingerprint density at radius 2 is 1.85 bits per heavy atom. The molecular weight excluding hydrogens is 264 g/mol. The van der Waals surface area contributed by atoms with Crippen molar-refractivity contribution < 1.29 is 0 Å². The molecular formula is C17H16N2S. The van der Waals surface area contributed by atoms with Crippen LogP contribution in [0.5, 0.6) is 0 Å². The van der Waals surface area contributed by atoms with Crippen LogP contribution in [0.4, 0.5) is 0 Å². The van der Waals surface area contributed by atoms with E-state index in [9.17, 15) is 0 Å². The van der Waals surface area contributed by atoms with Crippen LogP contribution in [0.15, 0.2) is 48.5 Å². The van der Waals surface area contributed by atoms with Crippen molar-refractivity contribution in [2.75, 3.05) is 0 Å². The minimum atomic E-state index is 0.648. The molecule has 1 aromatic heterocycles. The normalized spacial score (nSPS) is 10.8. The second kappa shape index (κ2) is 5.55. The molecule has 2 aromatic carbocycles. The monoisotopic (exact) mass is 280 g/mol. The van der Waals surface area contributed by atoms with Crippen molar-refractivity contribution in [3.05, 3.63) is 58.9 Å². The molecule has 3 aromatic rings. The van der Waals surface area contributed by atoms with E-state index in [1.165, 1.54) is 10.8 Å². The topological polar surface area (TPSA) is 28.7 Å². The van der Waals surface area contributed by atoms with Gasteiger partial charge in [-0.25, -0.2) is 4.98 Å². The first kappa shape index (κ1) is 13.0. The number of hydrogen-bond donors (Lipinski definition) is 1. The summed E-state index contributed by atoms with van der Waals surface area (Å²) in [6.45, 7) is 2.16. The number of aromatic amines is 1. The largest absolute Gasteiger partial charge is 0.343 e. The van der Waals surface area contributed by atoms with Crippen LogP contribution in [0, 0.1) is 4.64 Å². The van der Waals surface area contributed by atoms with Gasteiger partial charge in [0.05, 0.1) is 0 Å². The van der Waals surface area contributed by atoms with Crippen molar-refractivity contribution in [1.29, 1.82) is 0 Å². The van der Waals surface area contributed by atoms with Gasteiger partial charge in [-0.1, -0.05) is 62.0 Å². The number of hydrogen-bond acceptors (Lipinski definition) is 2. The zero-order valence-corrected chi connectivity index (χ0v) is 12.2. The molecule has 3 heteroatoms. The predicted molar refractivity (Wildman–Crippen MR) is 86.4 cm³/mol. The zero-order valence-electron chi connectivity index (χ0n) is 11.4. The molecule has 0 bridgehead atoms. The van der Waals surface area contributed by atoms with Crippen molar-refractivity contribution in [3.63, 3.8) is 0 Å². The van der Waals surface area contributed by atoms with Crippen LogP contribution < -0.4 is 0 Å². The molecule has 20 heavy (non-hydrogen) atoms. The number of fused-ring (bicyclic) bond motifs is 1. The molecule has 1 heterocycles. The summed E-state index contributed by atoms with van der Waals surface area (Å²) in [4.78, 5) is 7.84. The fourth-order valence-electron chi connectivity index (χ4n) is 2.38. The molecule has 0 aliphatic carbocycles. The van der Waals surface area contributed by atoms with Crippen molar-refractivity contribution in [2.45, 2.75) is 19.8 Å². The van der Waals surface area contributed by atoms with Crippen LogP contribution in [-0.2, 0) is 6.42 Å². The minimum Gasteiger partial charge on any atom is -0.343 e. The maximum Gasteiger partial charge on any atom is 0.139 e. The summed E-state index contributed by atoms with van der Waals surface area (Å²) in [6.07, 6.45) is 2.08. The number of aryl methyl sites for hydroxylation is 1. The molecule has 0 saturated carbocycles. The van der Waals surface area contributed by atoms with Crippen LogP contribution in [0.1, 0.15) is 19.0 Å². The highest BCUT2D eigenvalue weighted by Gasteiger charge is 2.03. The third kappa shape index (κ3) is 2.63. The van der Waals surface area contributed by atoms with E-state index < -0.39 is 0 Å². The van der Waals surface area contributed by atoms with Crippen LogP contribution in [0.25, 0.3) is 22.2 Å². The molecule has 0 saturated heterocycles. The van der Waals surface area contributed by atoms with Crippen LogP contribution >= 0.6 is 12.2 Å². The SMILES string of the molecule is CCCc1cc(=S)nc(-c2ccc3ccccc3c2)[nH]1. The summed E-state index contributed by atoms with van der Waals surface area (Å²) in [5.74, 6) is 0.853. The third-order valence-electron chi connectivity index (χ3n) is 3.34. The Balaban J connectivity index is 2.12. The van der Waals surface area contributed by atoms with E-state index in [2.05, 4.69) is 59.4 Å². The lowest BCUT2D eigenvalue weighted by molar-refractivity contribution is 0.873. The first-order chi connectivity index (χ1) is 9.76. The molecule has 1 N–H and O–H groups in total. The van der Waals surface area contributed by atoms with E-state index in [1.807, 2.05) is 6.07 Å². The predicted octanol–water partition coefficient (Wildman–Crippen LogP) is 4.91. The van der Waals surface area contributed by atoms with E-state index in [4.69, 9.17) is 12.2 Å². The highest BCUT2D eigenvalue weighted by molar-refractivity contribution is 7.71. The highest BCUT2D eigenvalue weighted by Crippen LogP contribution is 2.22. The second-order valence-corrected chi connectivity index (χ2v) is 5.32. The smallest absolute Gasteiger partial charge is 0.139 e. The fourth-order valence-corrected chi connectivity index (χ4v) is 2.62. The Bertz CT molecular complexity index is 805. The van der Waals surface area contributed by atoms with Crippen LogP contribution in [-0.4, -0.2) is 9.97 Å². The third-order valence-corrected chi connectivity index (χ3v) is 3.55. The molecule has 0 radical (unpaired) electrons. The van der Waals surface area contributed by atoms with Gasteiger partial charge >= 0.3 is 0 Å². The first-order valence-electron chi connectivity index (χ1n) is 6.85. The Hall–Kier alpha value is -2.00. The lowest BCUT2D eigenvalue weighted by Crippen LogP contribution is -1.96. The summed E-state index contributed by atoms with van der Waals surface area (Å²) in [7, 11) is 0. The number of aromatic nitrogens is 2. The lowest BCUT2D eigenvalue weighted by atomic mass is 10.1. The van der Waals surface area contributed by atoms with Gasteiger partial charge in [0.1, 0.15) is 10.5 Å².